The first kappa shape index (κ1) is 19.7. The Morgan fingerprint density at radius 3 is 2.41 bits per heavy atom. The number of likely N-dealkylation sites (tertiary alicyclic amines) is 2. The molecule has 6 nitrogen and oxygen atoms in total. The first-order valence-electron chi connectivity index (χ1n) is 10.5. The summed E-state index contributed by atoms with van der Waals surface area (Å²) in [6.07, 6.45) is 2.15. The normalized spacial score (nSPS) is 22.8. The molecule has 2 aromatic rings. The van der Waals surface area contributed by atoms with Gasteiger partial charge in [-0.1, -0.05) is 37.3 Å². The van der Waals surface area contributed by atoms with E-state index in [4.69, 9.17) is 10.2 Å². The molecule has 2 amide bonds. The van der Waals surface area contributed by atoms with Crippen LogP contribution in [0.1, 0.15) is 47.6 Å². The number of piperidine rings is 1. The van der Waals surface area contributed by atoms with Gasteiger partial charge in [-0.15, -0.1) is 0 Å². The van der Waals surface area contributed by atoms with Crippen molar-refractivity contribution < 1.29 is 14.0 Å². The third-order valence-corrected chi connectivity index (χ3v) is 6.26. The third-order valence-electron chi connectivity index (χ3n) is 6.26. The zero-order valence-electron chi connectivity index (χ0n) is 16.9. The minimum atomic E-state index is -0.0806. The minimum Gasteiger partial charge on any atom is -0.456 e. The maximum Gasteiger partial charge on any atom is 0.289 e. The monoisotopic (exact) mass is 395 g/mol. The molecule has 3 heterocycles. The molecule has 6 heteroatoms. The van der Waals surface area contributed by atoms with E-state index in [1.807, 2.05) is 36.1 Å². The fourth-order valence-corrected chi connectivity index (χ4v) is 4.49. The maximum atomic E-state index is 13.1. The predicted octanol–water partition coefficient (Wildman–Crippen LogP) is 2.65. The van der Waals surface area contributed by atoms with Crippen LogP contribution in [0.3, 0.4) is 0 Å². The molecule has 29 heavy (non-hydrogen) atoms. The van der Waals surface area contributed by atoms with Crippen molar-refractivity contribution in [3.05, 3.63) is 59.5 Å². The lowest BCUT2D eigenvalue weighted by atomic mass is 9.94. The summed E-state index contributed by atoms with van der Waals surface area (Å²) >= 11 is 0. The van der Waals surface area contributed by atoms with Crippen LogP contribution in [0.2, 0.25) is 0 Å². The van der Waals surface area contributed by atoms with Crippen LogP contribution < -0.4 is 5.73 Å². The Labute approximate surface area is 171 Å². The Kier molecular flexibility index (Phi) is 5.72. The number of rotatable bonds is 4. The number of hydrogen-bond acceptors (Lipinski definition) is 4. The molecule has 0 spiro atoms. The van der Waals surface area contributed by atoms with Gasteiger partial charge in [-0.2, -0.15) is 0 Å². The van der Waals surface area contributed by atoms with Gasteiger partial charge in [0.05, 0.1) is 0 Å². The lowest BCUT2D eigenvalue weighted by Crippen LogP contribution is -2.44. The molecule has 0 radical (unpaired) electrons. The number of nitrogens with zero attached hydrogens (tertiary/aromatic N) is 2. The van der Waals surface area contributed by atoms with Crippen molar-refractivity contribution in [2.24, 2.45) is 11.7 Å². The summed E-state index contributed by atoms with van der Waals surface area (Å²) in [6.45, 7) is 4.44. The predicted molar refractivity (Wildman–Crippen MR) is 110 cm³/mol. The second-order valence-electron chi connectivity index (χ2n) is 8.11. The average molecular weight is 396 g/mol. The van der Waals surface area contributed by atoms with Gasteiger partial charge in [0.1, 0.15) is 5.76 Å². The zero-order valence-corrected chi connectivity index (χ0v) is 16.9. The summed E-state index contributed by atoms with van der Waals surface area (Å²) in [5.41, 5.74) is 7.55. The molecule has 2 saturated heterocycles. The van der Waals surface area contributed by atoms with Crippen molar-refractivity contribution in [1.82, 2.24) is 9.80 Å². The highest BCUT2D eigenvalue weighted by Crippen LogP contribution is 2.29. The fourth-order valence-electron chi connectivity index (χ4n) is 4.49. The van der Waals surface area contributed by atoms with Crippen molar-refractivity contribution in [2.45, 2.75) is 38.1 Å². The minimum absolute atomic E-state index is 0.0327. The molecule has 0 aliphatic carbocycles. The van der Waals surface area contributed by atoms with Gasteiger partial charge in [0.25, 0.3) is 5.91 Å². The largest absolute Gasteiger partial charge is 0.456 e. The van der Waals surface area contributed by atoms with Crippen LogP contribution in [-0.2, 0) is 11.2 Å². The van der Waals surface area contributed by atoms with Crippen LogP contribution in [-0.4, -0.2) is 53.8 Å². The molecule has 4 rings (SSSR count). The van der Waals surface area contributed by atoms with Gasteiger partial charge in [0, 0.05) is 50.5 Å². The van der Waals surface area contributed by atoms with Crippen molar-refractivity contribution in [2.75, 3.05) is 26.2 Å². The number of furan rings is 1. The molecule has 0 bridgehead atoms. The topological polar surface area (TPSA) is 79.8 Å². The first-order valence-corrected chi connectivity index (χ1v) is 10.5. The molecular weight excluding hydrogens is 366 g/mol. The van der Waals surface area contributed by atoms with Crippen LogP contribution in [0.5, 0.6) is 0 Å². The summed E-state index contributed by atoms with van der Waals surface area (Å²) in [5, 5.41) is 0. The molecule has 2 aliphatic heterocycles. The number of carbonyl (C=O) groups is 2. The summed E-state index contributed by atoms with van der Waals surface area (Å²) in [4.78, 5) is 29.4. The van der Waals surface area contributed by atoms with Crippen molar-refractivity contribution in [3.63, 3.8) is 0 Å². The molecule has 2 fully saturated rings. The third kappa shape index (κ3) is 4.08. The van der Waals surface area contributed by atoms with E-state index in [1.165, 1.54) is 5.56 Å². The van der Waals surface area contributed by atoms with Crippen LogP contribution in [0, 0.1) is 5.92 Å². The Bertz CT molecular complexity index is 855. The highest BCUT2D eigenvalue weighted by atomic mass is 16.4. The Balaban J connectivity index is 1.33. The van der Waals surface area contributed by atoms with Gasteiger partial charge in [0.15, 0.2) is 5.76 Å². The van der Waals surface area contributed by atoms with E-state index in [0.717, 1.165) is 12.2 Å². The standard InChI is InChI=1S/C23H29N3O3/c1-2-18-8-9-21(29-18)23(28)25-12-10-17(11-13-25)22(27)26-14-19(20(24)15-26)16-6-4-3-5-7-16/h3-9,17,19-20H,2,10-15,24H2,1H3/t19-,20+/m0/s1. The van der Waals surface area contributed by atoms with Crippen LogP contribution in [0.15, 0.2) is 46.9 Å². The van der Waals surface area contributed by atoms with E-state index < -0.39 is 0 Å². The van der Waals surface area contributed by atoms with Crippen LogP contribution in [0.4, 0.5) is 0 Å². The first-order chi connectivity index (χ1) is 14.1. The maximum absolute atomic E-state index is 13.1. The second-order valence-corrected chi connectivity index (χ2v) is 8.11. The van der Waals surface area contributed by atoms with E-state index in [1.54, 1.807) is 11.0 Å². The molecular formula is C23H29N3O3. The number of amides is 2. The number of nitrogens with two attached hydrogens (primary N) is 1. The lowest BCUT2D eigenvalue weighted by molar-refractivity contribution is -0.135. The smallest absolute Gasteiger partial charge is 0.289 e. The SMILES string of the molecule is CCc1ccc(C(=O)N2CCC(C(=O)N3C[C@@H](N)[C@H](c4ccccc4)C3)CC2)o1. The van der Waals surface area contributed by atoms with Gasteiger partial charge in [-0.3, -0.25) is 9.59 Å². The number of carbonyl (C=O) groups excluding carboxylic acids is 2. The van der Waals surface area contributed by atoms with Crippen molar-refractivity contribution >= 4 is 11.8 Å². The van der Waals surface area contributed by atoms with E-state index in [9.17, 15) is 9.59 Å². The van der Waals surface area contributed by atoms with Crippen LogP contribution >= 0.6 is 0 Å². The average Bonchev–Trinajstić information content (AvgIpc) is 3.40. The highest BCUT2D eigenvalue weighted by Gasteiger charge is 2.38. The molecule has 154 valence electrons. The van der Waals surface area contributed by atoms with E-state index >= 15 is 0 Å². The number of aryl methyl sites for hydroxylation is 1. The Morgan fingerprint density at radius 1 is 1.03 bits per heavy atom. The Morgan fingerprint density at radius 2 is 1.76 bits per heavy atom. The molecule has 1 aromatic heterocycles. The highest BCUT2D eigenvalue weighted by molar-refractivity contribution is 5.91. The summed E-state index contributed by atoms with van der Waals surface area (Å²) in [5.74, 6) is 1.46. The quantitative estimate of drug-likeness (QED) is 0.863. The number of benzene rings is 1. The number of hydrogen-bond donors (Lipinski definition) is 1. The summed E-state index contributed by atoms with van der Waals surface area (Å²) in [7, 11) is 0. The van der Waals surface area contributed by atoms with Crippen molar-refractivity contribution in [3.8, 4) is 0 Å². The van der Waals surface area contributed by atoms with Gasteiger partial charge in [0.2, 0.25) is 5.91 Å². The van der Waals surface area contributed by atoms with E-state index in [0.29, 0.717) is 44.8 Å². The summed E-state index contributed by atoms with van der Waals surface area (Å²) < 4.78 is 5.59. The summed E-state index contributed by atoms with van der Waals surface area (Å²) in [6, 6.07) is 13.8. The molecule has 2 aliphatic rings. The second kappa shape index (κ2) is 8.41. The molecule has 2 N–H and O–H groups in total. The molecule has 1 aromatic carbocycles. The zero-order chi connectivity index (χ0) is 20.4. The van der Waals surface area contributed by atoms with Gasteiger partial charge in [-0.25, -0.2) is 0 Å². The molecule has 0 unspecified atom stereocenters. The molecule has 0 saturated carbocycles. The Hall–Kier alpha value is -2.60. The van der Waals surface area contributed by atoms with Crippen molar-refractivity contribution in [1.29, 1.82) is 0 Å². The molecule has 2 atom stereocenters. The lowest BCUT2D eigenvalue weighted by Gasteiger charge is -2.32. The fraction of sp³-hybridized carbons (Fsp3) is 0.478. The van der Waals surface area contributed by atoms with Crippen LogP contribution in [0.25, 0.3) is 0 Å². The van der Waals surface area contributed by atoms with Gasteiger partial charge in [-0.05, 0) is 30.5 Å². The van der Waals surface area contributed by atoms with E-state index in [-0.39, 0.29) is 29.7 Å². The van der Waals surface area contributed by atoms with E-state index in [2.05, 4.69) is 12.1 Å². The van der Waals surface area contributed by atoms with Gasteiger partial charge >= 0.3 is 0 Å². The van der Waals surface area contributed by atoms with Gasteiger partial charge < -0.3 is 20.0 Å².